The second-order valence-electron chi connectivity index (χ2n) is 14.1. The van der Waals surface area contributed by atoms with E-state index < -0.39 is 33.2 Å². The average molecular weight is 601 g/mol. The molecule has 4 N–H and O–H groups in total. The number of carbonyl (C=O) groups is 1. The van der Waals surface area contributed by atoms with Crippen molar-refractivity contribution in [3.63, 3.8) is 0 Å². The fraction of sp³-hybridized carbons (Fsp3) is 0.742. The molecule has 236 valence electrons. The van der Waals surface area contributed by atoms with Crippen molar-refractivity contribution in [2.45, 2.75) is 90.3 Å². The molecule has 0 saturated heterocycles. The molecule has 0 bridgehead atoms. The van der Waals surface area contributed by atoms with Gasteiger partial charge in [0.1, 0.15) is 12.4 Å². The highest BCUT2D eigenvalue weighted by Crippen LogP contribution is 2.72. The number of carboxylic acid groups (broad SMARTS) is 1. The predicted octanol–water partition coefficient (Wildman–Crippen LogP) is 5.41. The Hall–Kier alpha value is -3.12. The first-order chi connectivity index (χ1) is 20.2. The molecule has 0 aliphatic heterocycles. The molecular formula is C31H44N4O8. The van der Waals surface area contributed by atoms with Crippen LogP contribution in [0.15, 0.2) is 23.2 Å². The number of aliphatic hydroxyl groups excluding tert-OH is 1. The highest BCUT2D eigenvalue weighted by molar-refractivity contribution is 5.68. The fourth-order valence-corrected chi connectivity index (χ4v) is 10.1. The number of benzene rings is 1. The number of nitrogens with zero attached hydrogens (tertiary/aromatic N) is 3. The number of aliphatic imine (C=N–C) groups is 1. The average Bonchev–Trinajstić information content (AvgIpc) is 3.39. The van der Waals surface area contributed by atoms with Gasteiger partial charge in [-0.05, 0) is 86.0 Å². The van der Waals surface area contributed by atoms with Gasteiger partial charge in [-0.2, -0.15) is 0 Å². The van der Waals surface area contributed by atoms with E-state index in [0.29, 0.717) is 24.7 Å². The molecule has 4 fully saturated rings. The molecule has 1 aromatic rings. The van der Waals surface area contributed by atoms with E-state index in [1.807, 2.05) is 0 Å². The summed E-state index contributed by atoms with van der Waals surface area (Å²) in [4.78, 5) is 37.2. The number of non-ortho nitro benzene ring substituents is 1. The summed E-state index contributed by atoms with van der Waals surface area (Å²) < 4.78 is 0. The van der Waals surface area contributed by atoms with Crippen LogP contribution >= 0.6 is 0 Å². The molecule has 43 heavy (non-hydrogen) atoms. The molecule has 0 amide bonds. The number of rotatable bonds is 10. The van der Waals surface area contributed by atoms with Gasteiger partial charge < -0.3 is 20.6 Å². The third-order valence-corrected chi connectivity index (χ3v) is 12.2. The summed E-state index contributed by atoms with van der Waals surface area (Å²) in [6, 6.07) is 3.42. The van der Waals surface area contributed by atoms with Crippen LogP contribution < -0.4 is 5.32 Å². The molecule has 12 nitrogen and oxygen atoms in total. The number of nitro benzene ring substituents is 2. The zero-order valence-electron chi connectivity index (χ0n) is 25.1. The highest BCUT2D eigenvalue weighted by atomic mass is 16.6. The Bertz CT molecular complexity index is 1310. The number of nitro groups is 2. The number of fused-ring (bicyclic) bond motifs is 5. The van der Waals surface area contributed by atoms with E-state index in [0.717, 1.165) is 38.2 Å². The van der Waals surface area contributed by atoms with Crippen LogP contribution in [0.2, 0.25) is 0 Å². The van der Waals surface area contributed by atoms with Gasteiger partial charge in [0.25, 0.3) is 11.4 Å². The van der Waals surface area contributed by atoms with Crippen LogP contribution in [0, 0.1) is 66.6 Å². The van der Waals surface area contributed by atoms with E-state index in [2.05, 4.69) is 31.1 Å². The third kappa shape index (κ3) is 5.20. The first kappa shape index (κ1) is 31.3. The quantitative estimate of drug-likeness (QED) is 0.154. The maximum atomic E-state index is 12.5. The molecule has 0 spiro atoms. The summed E-state index contributed by atoms with van der Waals surface area (Å²) in [6.07, 6.45) is 7.69. The summed E-state index contributed by atoms with van der Waals surface area (Å²) in [5.74, 6) is 0.324. The van der Waals surface area contributed by atoms with Gasteiger partial charge in [0, 0.05) is 36.5 Å². The molecule has 0 radical (unpaired) electrons. The van der Waals surface area contributed by atoms with Crippen molar-refractivity contribution in [2.24, 2.45) is 51.3 Å². The smallest absolute Gasteiger partial charge is 0.303 e. The van der Waals surface area contributed by atoms with Crippen molar-refractivity contribution < 1.29 is 30.0 Å². The summed E-state index contributed by atoms with van der Waals surface area (Å²) in [5, 5.41) is 58.1. The molecule has 5 rings (SSSR count). The number of aliphatic carboxylic acids is 1. The molecular weight excluding hydrogens is 556 g/mol. The standard InChI is InChI=1S/C31H44N4O8/c1-18(4-9-27(37)38)21-6-7-22-28-23(11-12-29(21,22)2)30(3)13-10-20(36)15-31(30,39)24(28)16-32-17-33-25-8-5-19(34(40)41)14-26(25)35(42)43/h5,8,14,16,18,20-24,28,33,36,39H,4,6-7,9-13,15,17H2,1-3H3,(H,37,38)/t18-,20+,21-,22?,23?,24?,28?,29-,30-,31-/m1/s1. The number of anilines is 1. The largest absolute Gasteiger partial charge is 0.481 e. The summed E-state index contributed by atoms with van der Waals surface area (Å²) in [7, 11) is 0. The van der Waals surface area contributed by atoms with E-state index in [1.54, 1.807) is 6.21 Å². The van der Waals surface area contributed by atoms with E-state index in [-0.39, 0.29) is 65.4 Å². The normalized spacial score (nSPS) is 39.1. The Morgan fingerprint density at radius 2 is 1.88 bits per heavy atom. The Kier molecular flexibility index (Phi) is 8.32. The fourth-order valence-electron chi connectivity index (χ4n) is 10.1. The van der Waals surface area contributed by atoms with E-state index in [4.69, 9.17) is 0 Å². The van der Waals surface area contributed by atoms with E-state index >= 15 is 0 Å². The van der Waals surface area contributed by atoms with Crippen LogP contribution in [0.1, 0.15) is 78.6 Å². The van der Waals surface area contributed by atoms with Crippen LogP contribution in [-0.4, -0.2) is 55.7 Å². The van der Waals surface area contributed by atoms with Gasteiger partial charge >= 0.3 is 5.97 Å². The number of nitrogens with one attached hydrogen (secondary N) is 1. The lowest BCUT2D eigenvalue weighted by atomic mass is 9.53. The Labute approximate surface area is 251 Å². The minimum Gasteiger partial charge on any atom is -0.481 e. The summed E-state index contributed by atoms with van der Waals surface area (Å²) >= 11 is 0. The molecule has 0 aromatic heterocycles. The lowest BCUT2D eigenvalue weighted by Gasteiger charge is -2.52. The van der Waals surface area contributed by atoms with Crippen molar-refractivity contribution in [1.82, 2.24) is 0 Å². The number of carboxylic acids is 1. The number of hydrogen-bond donors (Lipinski definition) is 4. The SMILES string of the molecule is C[C@H](CCC(=O)O)[C@H]1CCC2C3C(C=NCNc4ccc([N+](=O)[O-])cc4[N+](=O)[O-])[C@]4(O)C[C@@H](O)CC[C@]4(C)C3CC[C@@]21C. The molecule has 1 aromatic carbocycles. The topological polar surface area (TPSA) is 188 Å². The number of hydrogen-bond acceptors (Lipinski definition) is 9. The van der Waals surface area contributed by atoms with Gasteiger partial charge in [0.2, 0.25) is 0 Å². The first-order valence-corrected chi connectivity index (χ1v) is 15.5. The molecule has 10 atom stereocenters. The Balaban J connectivity index is 1.42. The van der Waals surface area contributed by atoms with Crippen LogP contribution in [0.3, 0.4) is 0 Å². The lowest BCUT2D eigenvalue weighted by Crippen LogP contribution is -2.54. The van der Waals surface area contributed by atoms with Gasteiger partial charge in [-0.3, -0.25) is 30.0 Å². The highest BCUT2D eigenvalue weighted by Gasteiger charge is 2.71. The monoisotopic (exact) mass is 600 g/mol. The van der Waals surface area contributed by atoms with Crippen molar-refractivity contribution in [3.05, 3.63) is 38.4 Å². The minimum atomic E-state index is -1.15. The second kappa shape index (κ2) is 11.4. The maximum Gasteiger partial charge on any atom is 0.303 e. The molecule has 4 unspecified atom stereocenters. The van der Waals surface area contributed by atoms with Gasteiger partial charge in [0.05, 0.1) is 27.6 Å². The van der Waals surface area contributed by atoms with Crippen LogP contribution in [0.5, 0.6) is 0 Å². The van der Waals surface area contributed by atoms with Crippen LogP contribution in [0.25, 0.3) is 0 Å². The van der Waals surface area contributed by atoms with Gasteiger partial charge in [0.15, 0.2) is 0 Å². The van der Waals surface area contributed by atoms with Crippen molar-refractivity contribution in [2.75, 3.05) is 12.0 Å². The predicted molar refractivity (Wildman–Crippen MR) is 160 cm³/mol. The molecule has 12 heteroatoms. The molecule has 0 heterocycles. The molecule has 4 aliphatic carbocycles. The lowest BCUT2D eigenvalue weighted by molar-refractivity contribution is -0.393. The number of aliphatic hydroxyl groups is 2. The zero-order valence-corrected chi connectivity index (χ0v) is 25.1. The van der Waals surface area contributed by atoms with Crippen molar-refractivity contribution in [1.29, 1.82) is 0 Å². The molecule has 4 saturated carbocycles. The van der Waals surface area contributed by atoms with E-state index in [9.17, 15) is 40.3 Å². The first-order valence-electron chi connectivity index (χ1n) is 15.5. The Morgan fingerprint density at radius 1 is 1.14 bits per heavy atom. The van der Waals surface area contributed by atoms with Crippen molar-refractivity contribution >= 4 is 29.2 Å². The summed E-state index contributed by atoms with van der Waals surface area (Å²) in [5.41, 5.74) is -2.19. The van der Waals surface area contributed by atoms with Crippen LogP contribution in [-0.2, 0) is 4.79 Å². The van der Waals surface area contributed by atoms with Gasteiger partial charge in [-0.15, -0.1) is 0 Å². The maximum absolute atomic E-state index is 12.5. The van der Waals surface area contributed by atoms with Crippen molar-refractivity contribution in [3.8, 4) is 0 Å². The van der Waals surface area contributed by atoms with Crippen LogP contribution in [0.4, 0.5) is 17.1 Å². The minimum absolute atomic E-state index is 0.0152. The van der Waals surface area contributed by atoms with Gasteiger partial charge in [-0.25, -0.2) is 0 Å². The zero-order chi connectivity index (χ0) is 31.3. The second-order valence-corrected chi connectivity index (χ2v) is 14.1. The van der Waals surface area contributed by atoms with E-state index in [1.165, 1.54) is 12.1 Å². The Morgan fingerprint density at radius 3 is 2.56 bits per heavy atom. The summed E-state index contributed by atoms with van der Waals surface area (Å²) in [6.45, 7) is 6.69. The van der Waals surface area contributed by atoms with Gasteiger partial charge in [-0.1, -0.05) is 20.8 Å². The molecule has 4 aliphatic rings. The third-order valence-electron chi connectivity index (χ3n) is 12.2.